The smallest absolute Gasteiger partial charge is 0.138 e. The molecule has 2 N–H and O–H groups in total. The minimum Gasteiger partial charge on any atom is -0.399 e. The van der Waals surface area contributed by atoms with E-state index in [1.807, 2.05) is 0 Å². The van der Waals surface area contributed by atoms with Crippen LogP contribution in [0.25, 0.3) is 0 Å². The van der Waals surface area contributed by atoms with E-state index in [-0.39, 0.29) is 11.6 Å². The molecule has 0 aromatic heterocycles. The maximum absolute atomic E-state index is 13.5. The monoisotopic (exact) mass is 285 g/mol. The molecule has 0 spiro atoms. The van der Waals surface area contributed by atoms with E-state index in [4.69, 9.17) is 17.3 Å². The Morgan fingerprint density at radius 1 is 1.11 bits per heavy atom. The van der Waals surface area contributed by atoms with E-state index in [0.29, 0.717) is 26.9 Å². The Kier molecular flexibility index (Phi) is 4.09. The molecule has 18 heavy (non-hydrogen) atoms. The average molecular weight is 286 g/mol. The molecule has 0 aliphatic heterocycles. The van der Waals surface area contributed by atoms with Crippen molar-refractivity contribution in [2.45, 2.75) is 10.6 Å². The van der Waals surface area contributed by atoms with Crippen molar-refractivity contribution >= 4 is 29.1 Å². The Bertz CT molecular complexity index is 575. The van der Waals surface area contributed by atoms with Crippen molar-refractivity contribution in [2.75, 3.05) is 5.73 Å². The standard InChI is InChI=1S/C13H10ClF2NS/c14-11-3-1-9(15)5-8(11)7-18-13-4-2-10(17)6-12(13)16/h1-6H,7,17H2. The third-order valence-corrected chi connectivity index (χ3v) is 3.81. The number of hydrogen-bond donors (Lipinski definition) is 1. The van der Waals surface area contributed by atoms with E-state index in [1.54, 1.807) is 12.1 Å². The van der Waals surface area contributed by atoms with Gasteiger partial charge in [0.2, 0.25) is 0 Å². The van der Waals surface area contributed by atoms with Crippen molar-refractivity contribution in [2.24, 2.45) is 0 Å². The summed E-state index contributed by atoms with van der Waals surface area (Å²) in [6.45, 7) is 0. The molecule has 0 saturated carbocycles. The third kappa shape index (κ3) is 3.15. The highest BCUT2D eigenvalue weighted by atomic mass is 35.5. The molecule has 0 amide bonds. The van der Waals surface area contributed by atoms with Gasteiger partial charge in [0.15, 0.2) is 0 Å². The molecule has 0 aliphatic carbocycles. The molecule has 0 unspecified atom stereocenters. The molecule has 94 valence electrons. The summed E-state index contributed by atoms with van der Waals surface area (Å²) in [5.41, 5.74) is 6.47. The molecular formula is C13H10ClF2NS. The minimum absolute atomic E-state index is 0.354. The SMILES string of the molecule is Nc1ccc(SCc2cc(F)ccc2Cl)c(F)c1. The summed E-state index contributed by atoms with van der Waals surface area (Å²) >= 11 is 7.18. The normalized spacial score (nSPS) is 10.6. The van der Waals surface area contributed by atoms with E-state index in [1.165, 1.54) is 36.0 Å². The van der Waals surface area contributed by atoms with Gasteiger partial charge in [0, 0.05) is 21.4 Å². The number of hydrogen-bond acceptors (Lipinski definition) is 2. The first-order chi connectivity index (χ1) is 8.56. The summed E-state index contributed by atoms with van der Waals surface area (Å²) in [4.78, 5) is 0.463. The van der Waals surface area contributed by atoms with Crippen LogP contribution in [0.15, 0.2) is 41.3 Å². The number of nitrogen functional groups attached to an aromatic ring is 1. The summed E-state index contributed by atoms with van der Waals surface area (Å²) in [6, 6.07) is 8.62. The van der Waals surface area contributed by atoms with Crippen LogP contribution in [0.5, 0.6) is 0 Å². The molecule has 0 atom stereocenters. The molecule has 0 heterocycles. The van der Waals surface area contributed by atoms with Crippen LogP contribution >= 0.6 is 23.4 Å². The Labute approximate surface area is 113 Å². The van der Waals surface area contributed by atoms with Crippen molar-refractivity contribution in [3.8, 4) is 0 Å². The van der Waals surface area contributed by atoms with Gasteiger partial charge in [-0.25, -0.2) is 8.78 Å². The molecule has 0 bridgehead atoms. The number of anilines is 1. The summed E-state index contributed by atoms with van der Waals surface area (Å²) < 4.78 is 26.6. The predicted molar refractivity (Wildman–Crippen MR) is 71.8 cm³/mol. The molecule has 0 fully saturated rings. The quantitative estimate of drug-likeness (QED) is 0.664. The van der Waals surface area contributed by atoms with Gasteiger partial charge in [-0.3, -0.25) is 0 Å². The van der Waals surface area contributed by atoms with Crippen molar-refractivity contribution in [3.05, 3.63) is 58.6 Å². The molecule has 0 saturated heterocycles. The van der Waals surface area contributed by atoms with Crippen LogP contribution in [0.4, 0.5) is 14.5 Å². The van der Waals surface area contributed by atoms with Crippen LogP contribution in [0.1, 0.15) is 5.56 Å². The van der Waals surface area contributed by atoms with Crippen LogP contribution in [0.2, 0.25) is 5.02 Å². The first kappa shape index (κ1) is 13.2. The zero-order chi connectivity index (χ0) is 13.1. The summed E-state index contributed by atoms with van der Waals surface area (Å²) in [6.07, 6.45) is 0. The number of benzene rings is 2. The highest BCUT2D eigenvalue weighted by Gasteiger charge is 2.07. The highest BCUT2D eigenvalue weighted by Crippen LogP contribution is 2.29. The number of halogens is 3. The van der Waals surface area contributed by atoms with Crippen LogP contribution < -0.4 is 5.73 Å². The van der Waals surface area contributed by atoms with Crippen LogP contribution in [-0.2, 0) is 5.75 Å². The summed E-state index contributed by atoms with van der Waals surface area (Å²) in [5, 5.41) is 0.472. The summed E-state index contributed by atoms with van der Waals surface area (Å²) in [5.74, 6) is -0.336. The Morgan fingerprint density at radius 2 is 1.89 bits per heavy atom. The topological polar surface area (TPSA) is 26.0 Å². The average Bonchev–Trinajstić information content (AvgIpc) is 2.32. The van der Waals surface area contributed by atoms with E-state index in [2.05, 4.69) is 0 Å². The van der Waals surface area contributed by atoms with E-state index >= 15 is 0 Å². The lowest BCUT2D eigenvalue weighted by Crippen LogP contribution is -1.89. The van der Waals surface area contributed by atoms with Crippen molar-refractivity contribution < 1.29 is 8.78 Å². The van der Waals surface area contributed by atoms with Gasteiger partial charge < -0.3 is 5.73 Å². The van der Waals surface area contributed by atoms with Gasteiger partial charge in [-0.05, 0) is 42.0 Å². The maximum atomic E-state index is 13.5. The second-order valence-electron chi connectivity index (χ2n) is 3.71. The van der Waals surface area contributed by atoms with Gasteiger partial charge in [0.05, 0.1) is 0 Å². The Balaban J connectivity index is 2.13. The largest absolute Gasteiger partial charge is 0.399 e. The Morgan fingerprint density at radius 3 is 2.61 bits per heavy atom. The summed E-state index contributed by atoms with van der Waals surface area (Å²) in [7, 11) is 0. The lowest BCUT2D eigenvalue weighted by molar-refractivity contribution is 0.602. The van der Waals surface area contributed by atoms with Crippen molar-refractivity contribution in [1.29, 1.82) is 0 Å². The Hall–Kier alpha value is -1.26. The first-order valence-electron chi connectivity index (χ1n) is 5.18. The zero-order valence-electron chi connectivity index (χ0n) is 9.29. The van der Waals surface area contributed by atoms with Crippen LogP contribution in [0.3, 0.4) is 0 Å². The molecule has 0 radical (unpaired) electrons. The van der Waals surface area contributed by atoms with Gasteiger partial charge in [0.25, 0.3) is 0 Å². The molecule has 0 aliphatic rings. The second-order valence-corrected chi connectivity index (χ2v) is 5.14. The molecular weight excluding hydrogens is 276 g/mol. The predicted octanol–water partition coefficient (Wildman–Crippen LogP) is 4.49. The molecule has 2 rings (SSSR count). The van der Waals surface area contributed by atoms with Crippen molar-refractivity contribution in [1.82, 2.24) is 0 Å². The van der Waals surface area contributed by atoms with Crippen LogP contribution in [-0.4, -0.2) is 0 Å². The van der Waals surface area contributed by atoms with Gasteiger partial charge in [-0.15, -0.1) is 11.8 Å². The first-order valence-corrected chi connectivity index (χ1v) is 6.54. The van der Waals surface area contributed by atoms with Gasteiger partial charge in [0.1, 0.15) is 11.6 Å². The fourth-order valence-corrected chi connectivity index (χ4v) is 2.62. The van der Waals surface area contributed by atoms with Gasteiger partial charge in [-0.2, -0.15) is 0 Å². The lowest BCUT2D eigenvalue weighted by Gasteiger charge is -2.06. The fraction of sp³-hybridized carbons (Fsp3) is 0.0769. The number of nitrogens with two attached hydrogens (primary N) is 1. The van der Waals surface area contributed by atoms with E-state index < -0.39 is 0 Å². The lowest BCUT2D eigenvalue weighted by atomic mass is 10.2. The van der Waals surface area contributed by atoms with Gasteiger partial charge >= 0.3 is 0 Å². The molecule has 2 aromatic rings. The molecule has 1 nitrogen and oxygen atoms in total. The van der Waals surface area contributed by atoms with Crippen LogP contribution in [0, 0.1) is 11.6 Å². The highest BCUT2D eigenvalue weighted by molar-refractivity contribution is 7.98. The molecule has 5 heteroatoms. The van der Waals surface area contributed by atoms with E-state index in [0.717, 1.165) is 0 Å². The maximum Gasteiger partial charge on any atom is 0.138 e. The third-order valence-electron chi connectivity index (χ3n) is 2.35. The zero-order valence-corrected chi connectivity index (χ0v) is 10.9. The molecule has 2 aromatic carbocycles. The fourth-order valence-electron chi connectivity index (χ4n) is 1.44. The minimum atomic E-state index is -0.382. The van der Waals surface area contributed by atoms with Crippen molar-refractivity contribution in [3.63, 3.8) is 0 Å². The number of rotatable bonds is 3. The number of thioether (sulfide) groups is 1. The van der Waals surface area contributed by atoms with E-state index in [9.17, 15) is 8.78 Å². The second kappa shape index (κ2) is 5.59. The van der Waals surface area contributed by atoms with Gasteiger partial charge in [-0.1, -0.05) is 11.6 Å².